The van der Waals surface area contributed by atoms with Crippen molar-refractivity contribution in [3.63, 3.8) is 0 Å². The fourth-order valence-corrected chi connectivity index (χ4v) is 4.70. The topological polar surface area (TPSA) is 15.3 Å². The van der Waals surface area contributed by atoms with Crippen LogP contribution in [0.15, 0.2) is 24.3 Å². The molecule has 2 aliphatic rings. The Morgan fingerprint density at radius 2 is 2.05 bits per heavy atom. The summed E-state index contributed by atoms with van der Waals surface area (Å²) in [7, 11) is 2.23. The van der Waals surface area contributed by atoms with Gasteiger partial charge in [-0.2, -0.15) is 0 Å². The second-order valence-electron chi connectivity index (χ2n) is 7.29. The summed E-state index contributed by atoms with van der Waals surface area (Å²) < 4.78 is 0. The van der Waals surface area contributed by atoms with Crippen molar-refractivity contribution in [3.05, 3.63) is 29.8 Å². The summed E-state index contributed by atoms with van der Waals surface area (Å²) in [6.07, 6.45) is 3.92. The third kappa shape index (κ3) is 1.88. The molecular weight excluding hydrogens is 244 g/mol. The lowest BCUT2D eigenvalue weighted by atomic mass is 9.61. The van der Waals surface area contributed by atoms with E-state index in [-0.39, 0.29) is 5.41 Å². The normalized spacial score (nSPS) is 37.0. The highest BCUT2D eigenvalue weighted by Gasteiger charge is 2.51. The van der Waals surface area contributed by atoms with Crippen LogP contribution in [0.1, 0.15) is 45.6 Å². The number of hydrogen-bond acceptors (Lipinski definition) is 2. The van der Waals surface area contributed by atoms with E-state index in [9.17, 15) is 0 Å². The molecule has 0 radical (unpaired) electrons. The van der Waals surface area contributed by atoms with Gasteiger partial charge in [-0.15, -0.1) is 0 Å². The van der Waals surface area contributed by atoms with Crippen LogP contribution in [-0.2, 0) is 5.41 Å². The number of nitrogens with one attached hydrogen (secondary N) is 1. The molecule has 0 aliphatic carbocycles. The molecule has 3 rings (SSSR count). The minimum atomic E-state index is 0.219. The molecule has 2 aliphatic heterocycles. The molecule has 3 atom stereocenters. The van der Waals surface area contributed by atoms with Gasteiger partial charge in [-0.3, -0.25) is 0 Å². The van der Waals surface area contributed by atoms with Crippen molar-refractivity contribution in [1.82, 2.24) is 5.32 Å². The second-order valence-corrected chi connectivity index (χ2v) is 7.29. The van der Waals surface area contributed by atoms with Crippen molar-refractivity contribution in [2.45, 2.75) is 51.5 Å². The summed E-state index contributed by atoms with van der Waals surface area (Å²) in [6, 6.07) is 9.54. The van der Waals surface area contributed by atoms with Gasteiger partial charge >= 0.3 is 0 Å². The smallest absolute Gasteiger partial charge is 0.0403 e. The fourth-order valence-electron chi connectivity index (χ4n) is 4.70. The number of nitrogens with zero attached hydrogens (tertiary/aromatic N) is 1. The van der Waals surface area contributed by atoms with Gasteiger partial charge in [0.25, 0.3) is 0 Å². The monoisotopic (exact) mass is 272 g/mol. The van der Waals surface area contributed by atoms with Crippen molar-refractivity contribution in [3.8, 4) is 0 Å². The maximum absolute atomic E-state index is 3.88. The predicted octanol–water partition coefficient (Wildman–Crippen LogP) is 3.56. The number of hydrogen-bond donors (Lipinski definition) is 1. The van der Waals surface area contributed by atoms with E-state index in [1.807, 2.05) is 0 Å². The second kappa shape index (κ2) is 4.77. The van der Waals surface area contributed by atoms with Gasteiger partial charge in [-0.05, 0) is 42.9 Å². The van der Waals surface area contributed by atoms with Crippen LogP contribution in [0.5, 0.6) is 0 Å². The van der Waals surface area contributed by atoms with Crippen LogP contribution in [0.3, 0.4) is 0 Å². The number of rotatable bonds is 2. The summed E-state index contributed by atoms with van der Waals surface area (Å²) in [6.45, 7) is 9.59. The lowest BCUT2D eigenvalue weighted by molar-refractivity contribution is 0.0949. The molecule has 20 heavy (non-hydrogen) atoms. The van der Waals surface area contributed by atoms with Gasteiger partial charge in [0, 0.05) is 30.7 Å². The molecule has 0 saturated carbocycles. The quantitative estimate of drug-likeness (QED) is 0.885. The van der Waals surface area contributed by atoms with Crippen molar-refractivity contribution < 1.29 is 0 Å². The molecule has 110 valence electrons. The van der Waals surface area contributed by atoms with Crippen LogP contribution in [0.4, 0.5) is 5.69 Å². The molecule has 1 fully saturated rings. The molecule has 1 N–H and O–H groups in total. The zero-order valence-corrected chi connectivity index (χ0v) is 13.4. The highest BCUT2D eigenvalue weighted by molar-refractivity contribution is 5.62. The highest BCUT2D eigenvalue weighted by atomic mass is 15.2. The number of piperidine rings is 1. The summed E-state index contributed by atoms with van der Waals surface area (Å²) in [5.74, 6) is 0. The van der Waals surface area contributed by atoms with Gasteiger partial charge in [-0.25, -0.2) is 0 Å². The zero-order valence-electron chi connectivity index (χ0n) is 13.4. The van der Waals surface area contributed by atoms with Gasteiger partial charge < -0.3 is 10.2 Å². The van der Waals surface area contributed by atoms with E-state index in [4.69, 9.17) is 0 Å². The fraction of sp³-hybridized carbons (Fsp3) is 0.667. The first-order valence-electron chi connectivity index (χ1n) is 8.05. The van der Waals surface area contributed by atoms with E-state index < -0.39 is 0 Å². The van der Waals surface area contributed by atoms with E-state index in [1.165, 1.54) is 37.1 Å². The van der Waals surface area contributed by atoms with E-state index in [0.717, 1.165) is 6.54 Å². The molecule has 2 nitrogen and oxygen atoms in total. The Labute approximate surface area is 123 Å². The van der Waals surface area contributed by atoms with Crippen LogP contribution < -0.4 is 10.2 Å². The highest BCUT2D eigenvalue weighted by Crippen LogP contribution is 2.49. The standard InChI is InChI=1S/C18H28N2/c1-5-17(2)11-8-12-19-16(17)18(3)13-20(4)15-10-7-6-9-14(15)18/h6-7,9-10,16,19H,5,8,11-13H2,1-4H3/t16-,17-,18+/m0/s1. The summed E-state index contributed by atoms with van der Waals surface area (Å²) in [5.41, 5.74) is 3.57. The van der Waals surface area contributed by atoms with Crippen LogP contribution in [-0.4, -0.2) is 26.2 Å². The molecule has 1 aromatic carbocycles. The number of anilines is 1. The number of likely N-dealkylation sites (N-methyl/N-ethyl adjacent to an activating group) is 1. The van der Waals surface area contributed by atoms with Gasteiger partial charge in [0.05, 0.1) is 0 Å². The summed E-state index contributed by atoms with van der Waals surface area (Å²) >= 11 is 0. The van der Waals surface area contributed by atoms with Crippen molar-refractivity contribution in [2.24, 2.45) is 5.41 Å². The number of para-hydroxylation sites is 1. The van der Waals surface area contributed by atoms with E-state index in [2.05, 4.69) is 62.3 Å². The van der Waals surface area contributed by atoms with Crippen LogP contribution >= 0.6 is 0 Å². The first-order chi connectivity index (χ1) is 9.51. The van der Waals surface area contributed by atoms with Crippen molar-refractivity contribution in [1.29, 1.82) is 0 Å². The van der Waals surface area contributed by atoms with E-state index >= 15 is 0 Å². The minimum absolute atomic E-state index is 0.219. The van der Waals surface area contributed by atoms with Gasteiger partial charge in [-0.1, -0.05) is 39.0 Å². The molecule has 0 aromatic heterocycles. The summed E-state index contributed by atoms with van der Waals surface area (Å²) in [5, 5.41) is 3.88. The first-order valence-corrected chi connectivity index (χ1v) is 8.05. The van der Waals surface area contributed by atoms with E-state index in [1.54, 1.807) is 0 Å². The third-order valence-electron chi connectivity index (χ3n) is 5.91. The molecule has 2 heterocycles. The molecule has 0 unspecified atom stereocenters. The SMILES string of the molecule is CC[C@@]1(C)CCCN[C@@H]1[C@]1(C)CN(C)c2ccccc21. The number of fused-ring (bicyclic) bond motifs is 1. The average Bonchev–Trinajstić information content (AvgIpc) is 2.72. The Morgan fingerprint density at radius 3 is 2.80 bits per heavy atom. The summed E-state index contributed by atoms with van der Waals surface area (Å²) in [4.78, 5) is 2.43. The van der Waals surface area contributed by atoms with Gasteiger partial charge in [0.2, 0.25) is 0 Å². The molecular formula is C18H28N2. The maximum atomic E-state index is 3.88. The Bertz CT molecular complexity index is 498. The van der Waals surface area contributed by atoms with Crippen LogP contribution in [0.25, 0.3) is 0 Å². The Kier molecular flexibility index (Phi) is 3.32. The maximum Gasteiger partial charge on any atom is 0.0403 e. The third-order valence-corrected chi connectivity index (χ3v) is 5.91. The van der Waals surface area contributed by atoms with Gasteiger partial charge in [0.1, 0.15) is 0 Å². The first kappa shape index (κ1) is 13.9. The van der Waals surface area contributed by atoms with Crippen molar-refractivity contribution in [2.75, 3.05) is 25.0 Å². The van der Waals surface area contributed by atoms with Crippen LogP contribution in [0, 0.1) is 5.41 Å². The number of benzene rings is 1. The molecule has 1 saturated heterocycles. The van der Waals surface area contributed by atoms with Crippen molar-refractivity contribution >= 4 is 5.69 Å². The lowest BCUT2D eigenvalue weighted by Crippen LogP contribution is -2.59. The lowest BCUT2D eigenvalue weighted by Gasteiger charge is -2.50. The average molecular weight is 272 g/mol. The van der Waals surface area contributed by atoms with Crippen LogP contribution in [0.2, 0.25) is 0 Å². The molecule has 0 bridgehead atoms. The molecule has 0 spiro atoms. The predicted molar refractivity (Wildman–Crippen MR) is 86.5 cm³/mol. The Morgan fingerprint density at radius 1 is 1.30 bits per heavy atom. The van der Waals surface area contributed by atoms with Gasteiger partial charge in [0.15, 0.2) is 0 Å². The Balaban J connectivity index is 2.05. The molecule has 2 heteroatoms. The molecule has 0 amide bonds. The minimum Gasteiger partial charge on any atom is -0.373 e. The van der Waals surface area contributed by atoms with E-state index in [0.29, 0.717) is 11.5 Å². The Hall–Kier alpha value is -1.02. The zero-order chi connectivity index (χ0) is 14.4. The largest absolute Gasteiger partial charge is 0.373 e. The molecule has 1 aromatic rings.